The van der Waals surface area contributed by atoms with E-state index < -0.39 is 0 Å². The number of hydrogen-bond acceptors (Lipinski definition) is 4. The Bertz CT molecular complexity index is 837. The Morgan fingerprint density at radius 1 is 1.07 bits per heavy atom. The summed E-state index contributed by atoms with van der Waals surface area (Å²) in [5.74, 6) is 0.850. The largest absolute Gasteiger partial charge is 0.454 e. The minimum Gasteiger partial charge on any atom is -0.454 e. The van der Waals surface area contributed by atoms with Crippen molar-refractivity contribution >= 4 is 11.8 Å². The summed E-state index contributed by atoms with van der Waals surface area (Å²) in [5, 5.41) is 2.72. The number of nitrogens with one attached hydrogen (secondary N) is 1. The van der Waals surface area contributed by atoms with Gasteiger partial charge in [-0.25, -0.2) is 0 Å². The number of amides is 2. The van der Waals surface area contributed by atoms with Crippen LogP contribution >= 0.6 is 0 Å². The third-order valence-electron chi connectivity index (χ3n) is 5.05. The SMILES string of the molecule is O=C(NCC(=O)N1CCCC1Cc1ccccc1)c1ccc2c(c1)OCO2. The number of nitrogens with zero attached hydrogens (tertiary/aromatic N) is 1. The van der Waals surface area contributed by atoms with Crippen molar-refractivity contribution in [3.63, 3.8) is 0 Å². The van der Waals surface area contributed by atoms with E-state index in [0.717, 1.165) is 25.8 Å². The van der Waals surface area contributed by atoms with Crippen LogP contribution in [0.3, 0.4) is 0 Å². The molecule has 2 aromatic rings. The molecule has 1 N–H and O–H groups in total. The average Bonchev–Trinajstić information content (AvgIpc) is 3.35. The van der Waals surface area contributed by atoms with E-state index in [1.165, 1.54) is 5.56 Å². The fourth-order valence-electron chi connectivity index (χ4n) is 3.66. The molecule has 2 aromatic carbocycles. The Hall–Kier alpha value is -3.02. The zero-order chi connectivity index (χ0) is 18.6. The first kappa shape index (κ1) is 17.4. The lowest BCUT2D eigenvalue weighted by atomic mass is 10.0. The molecule has 1 atom stereocenters. The van der Waals surface area contributed by atoms with E-state index in [4.69, 9.17) is 9.47 Å². The van der Waals surface area contributed by atoms with Crippen molar-refractivity contribution < 1.29 is 19.1 Å². The number of fused-ring (bicyclic) bond motifs is 1. The van der Waals surface area contributed by atoms with Crippen LogP contribution in [0.15, 0.2) is 48.5 Å². The van der Waals surface area contributed by atoms with Crippen LogP contribution in [0.4, 0.5) is 0 Å². The van der Waals surface area contributed by atoms with E-state index in [9.17, 15) is 9.59 Å². The second kappa shape index (κ2) is 7.70. The second-order valence-electron chi connectivity index (χ2n) is 6.82. The Balaban J connectivity index is 1.33. The van der Waals surface area contributed by atoms with Gasteiger partial charge in [-0.3, -0.25) is 9.59 Å². The van der Waals surface area contributed by atoms with Gasteiger partial charge in [0.15, 0.2) is 11.5 Å². The monoisotopic (exact) mass is 366 g/mol. The van der Waals surface area contributed by atoms with Crippen LogP contribution in [-0.4, -0.2) is 42.6 Å². The van der Waals surface area contributed by atoms with Crippen LogP contribution in [-0.2, 0) is 11.2 Å². The van der Waals surface area contributed by atoms with Gasteiger partial charge in [-0.05, 0) is 43.0 Å². The van der Waals surface area contributed by atoms with Crippen molar-refractivity contribution in [2.75, 3.05) is 19.9 Å². The van der Waals surface area contributed by atoms with Crippen molar-refractivity contribution in [1.82, 2.24) is 10.2 Å². The van der Waals surface area contributed by atoms with Crippen molar-refractivity contribution in [2.45, 2.75) is 25.3 Å². The van der Waals surface area contributed by atoms with Crippen LogP contribution in [0.25, 0.3) is 0 Å². The quantitative estimate of drug-likeness (QED) is 0.882. The highest BCUT2D eigenvalue weighted by atomic mass is 16.7. The first-order chi connectivity index (χ1) is 13.2. The van der Waals surface area contributed by atoms with Crippen LogP contribution in [0, 0.1) is 0 Å². The molecule has 0 bridgehead atoms. The van der Waals surface area contributed by atoms with Crippen LogP contribution in [0.2, 0.25) is 0 Å². The summed E-state index contributed by atoms with van der Waals surface area (Å²) in [7, 11) is 0. The zero-order valence-corrected chi connectivity index (χ0v) is 15.0. The standard InChI is InChI=1S/C21H22N2O4/c24-20(23-10-4-7-17(23)11-15-5-2-1-3-6-15)13-22-21(25)16-8-9-18-19(12-16)27-14-26-18/h1-3,5-6,8-9,12,17H,4,7,10-11,13-14H2,(H,22,25). The molecule has 0 spiro atoms. The van der Waals surface area contributed by atoms with Gasteiger partial charge in [-0.2, -0.15) is 0 Å². The molecule has 0 radical (unpaired) electrons. The average molecular weight is 366 g/mol. The molecule has 6 nitrogen and oxygen atoms in total. The van der Waals surface area contributed by atoms with E-state index in [0.29, 0.717) is 17.1 Å². The zero-order valence-electron chi connectivity index (χ0n) is 15.0. The minimum atomic E-state index is -0.291. The molecule has 140 valence electrons. The maximum atomic E-state index is 12.6. The van der Waals surface area contributed by atoms with Crippen LogP contribution in [0.1, 0.15) is 28.8 Å². The van der Waals surface area contributed by atoms with Crippen molar-refractivity contribution in [3.05, 3.63) is 59.7 Å². The highest BCUT2D eigenvalue weighted by molar-refractivity contribution is 5.97. The molecule has 0 saturated carbocycles. The normalized spacial score (nSPS) is 17.8. The maximum Gasteiger partial charge on any atom is 0.251 e. The predicted octanol–water partition coefficient (Wildman–Crippen LogP) is 2.38. The summed E-state index contributed by atoms with van der Waals surface area (Å²) in [6, 6.07) is 15.4. The molecule has 1 saturated heterocycles. The summed E-state index contributed by atoms with van der Waals surface area (Å²) >= 11 is 0. The van der Waals surface area contributed by atoms with E-state index in [2.05, 4.69) is 17.4 Å². The Labute approximate surface area is 158 Å². The number of carbonyl (C=O) groups is 2. The number of hydrogen-bond donors (Lipinski definition) is 1. The first-order valence-corrected chi connectivity index (χ1v) is 9.22. The van der Waals surface area contributed by atoms with Gasteiger partial charge in [-0.15, -0.1) is 0 Å². The van der Waals surface area contributed by atoms with E-state index >= 15 is 0 Å². The van der Waals surface area contributed by atoms with Gasteiger partial charge in [0, 0.05) is 18.2 Å². The van der Waals surface area contributed by atoms with Gasteiger partial charge in [0.25, 0.3) is 5.91 Å². The first-order valence-electron chi connectivity index (χ1n) is 9.22. The molecular formula is C21H22N2O4. The Morgan fingerprint density at radius 2 is 1.89 bits per heavy atom. The summed E-state index contributed by atoms with van der Waals surface area (Å²) in [4.78, 5) is 26.9. The summed E-state index contributed by atoms with van der Waals surface area (Å²) < 4.78 is 10.5. The Morgan fingerprint density at radius 3 is 2.74 bits per heavy atom. The summed E-state index contributed by atoms with van der Waals surface area (Å²) in [6.07, 6.45) is 2.85. The lowest BCUT2D eigenvalue weighted by Crippen LogP contribution is -2.43. The molecule has 27 heavy (non-hydrogen) atoms. The minimum absolute atomic E-state index is 0.00142. The molecule has 1 unspecified atom stereocenters. The smallest absolute Gasteiger partial charge is 0.251 e. The van der Waals surface area contributed by atoms with Crippen LogP contribution < -0.4 is 14.8 Å². The van der Waals surface area contributed by atoms with Crippen molar-refractivity contribution in [1.29, 1.82) is 0 Å². The number of benzene rings is 2. The summed E-state index contributed by atoms with van der Waals surface area (Å²) in [6.45, 7) is 0.908. The highest BCUT2D eigenvalue weighted by Gasteiger charge is 2.28. The second-order valence-corrected chi connectivity index (χ2v) is 6.82. The van der Waals surface area contributed by atoms with Gasteiger partial charge in [0.05, 0.1) is 6.54 Å². The van der Waals surface area contributed by atoms with Gasteiger partial charge < -0.3 is 19.7 Å². The predicted molar refractivity (Wildman–Crippen MR) is 99.8 cm³/mol. The molecular weight excluding hydrogens is 344 g/mol. The van der Waals surface area contributed by atoms with Crippen molar-refractivity contribution in [3.8, 4) is 11.5 Å². The van der Waals surface area contributed by atoms with E-state index in [-0.39, 0.29) is 31.2 Å². The molecule has 2 aliphatic heterocycles. The van der Waals surface area contributed by atoms with Gasteiger partial charge >= 0.3 is 0 Å². The highest BCUT2D eigenvalue weighted by Crippen LogP contribution is 2.32. The molecule has 6 heteroatoms. The lowest BCUT2D eigenvalue weighted by molar-refractivity contribution is -0.130. The Kier molecular flexibility index (Phi) is 4.96. The maximum absolute atomic E-state index is 12.6. The number of carbonyl (C=O) groups excluding carboxylic acids is 2. The fourth-order valence-corrected chi connectivity index (χ4v) is 3.66. The molecule has 0 aliphatic carbocycles. The molecule has 4 rings (SSSR count). The topological polar surface area (TPSA) is 67.9 Å². The number of likely N-dealkylation sites (tertiary alicyclic amines) is 1. The summed E-state index contributed by atoms with van der Waals surface area (Å²) in [5.41, 5.74) is 1.68. The van der Waals surface area contributed by atoms with E-state index in [1.54, 1.807) is 18.2 Å². The van der Waals surface area contributed by atoms with Gasteiger partial charge in [0.2, 0.25) is 12.7 Å². The van der Waals surface area contributed by atoms with Gasteiger partial charge in [0.1, 0.15) is 0 Å². The molecule has 0 aromatic heterocycles. The molecule has 1 fully saturated rings. The third kappa shape index (κ3) is 3.89. The van der Waals surface area contributed by atoms with Crippen LogP contribution in [0.5, 0.6) is 11.5 Å². The number of ether oxygens (including phenoxy) is 2. The number of rotatable bonds is 5. The lowest BCUT2D eigenvalue weighted by Gasteiger charge is -2.25. The van der Waals surface area contributed by atoms with Gasteiger partial charge in [-0.1, -0.05) is 30.3 Å². The molecule has 2 aliphatic rings. The van der Waals surface area contributed by atoms with E-state index in [1.807, 2.05) is 23.1 Å². The third-order valence-corrected chi connectivity index (χ3v) is 5.05. The molecule has 2 amide bonds. The fraction of sp³-hybridized carbons (Fsp3) is 0.333. The van der Waals surface area contributed by atoms with Crippen molar-refractivity contribution in [2.24, 2.45) is 0 Å². The molecule has 2 heterocycles.